The second-order valence-electron chi connectivity index (χ2n) is 9.46. The van der Waals surface area contributed by atoms with Crippen LogP contribution in [-0.4, -0.2) is 53.5 Å². The molecule has 4 heteroatoms. The Labute approximate surface area is 169 Å². The van der Waals surface area contributed by atoms with E-state index in [0.717, 1.165) is 55.7 Å². The maximum atomic E-state index is 13.1. The molecule has 1 amide bonds. The summed E-state index contributed by atoms with van der Waals surface area (Å²) >= 11 is 0. The van der Waals surface area contributed by atoms with Crippen LogP contribution >= 0.6 is 0 Å². The molecule has 4 fully saturated rings. The third-order valence-corrected chi connectivity index (χ3v) is 7.61. The van der Waals surface area contributed by atoms with Crippen molar-refractivity contribution in [3.63, 3.8) is 0 Å². The Balaban J connectivity index is 1.19. The standard InChI is InChI=1S/C24H34N2O2/c27-24(26-17-18-5-3-9-21(26)15-18)19-6-4-10-23(16-19)28-22-11-13-25(14-12-22)20-7-1-2-8-20/h4,6,10,16,18,20-22H,1-3,5,7-9,11-15,17H2/t18-,21+/m0/s1. The minimum Gasteiger partial charge on any atom is -0.490 e. The minimum atomic E-state index is 0.205. The van der Waals surface area contributed by atoms with Crippen molar-refractivity contribution in [3.8, 4) is 5.75 Å². The summed E-state index contributed by atoms with van der Waals surface area (Å²) in [6.07, 6.45) is 13.0. The van der Waals surface area contributed by atoms with E-state index in [1.54, 1.807) is 0 Å². The molecule has 0 aromatic heterocycles. The molecule has 2 aliphatic carbocycles. The van der Waals surface area contributed by atoms with E-state index in [0.29, 0.717) is 6.04 Å². The van der Waals surface area contributed by atoms with Crippen molar-refractivity contribution >= 4 is 5.91 Å². The molecule has 5 rings (SSSR count). The number of ether oxygens (including phenoxy) is 1. The Bertz CT molecular complexity index is 692. The number of carbonyl (C=O) groups excluding carboxylic acids is 1. The fourth-order valence-electron chi connectivity index (χ4n) is 6.08. The fraction of sp³-hybridized carbons (Fsp3) is 0.708. The lowest BCUT2D eigenvalue weighted by Crippen LogP contribution is -2.43. The van der Waals surface area contributed by atoms with Crippen LogP contribution in [-0.2, 0) is 0 Å². The van der Waals surface area contributed by atoms with Crippen LogP contribution in [0.4, 0.5) is 0 Å². The van der Waals surface area contributed by atoms with E-state index >= 15 is 0 Å². The maximum Gasteiger partial charge on any atom is 0.254 e. The molecule has 2 saturated heterocycles. The number of nitrogens with zero attached hydrogens (tertiary/aromatic N) is 2. The Kier molecular flexibility index (Phi) is 5.32. The SMILES string of the molecule is O=C(c1cccc(OC2CCN(C3CCCC3)CC2)c1)N1C[C@H]2CCC[C@@H]1C2. The van der Waals surface area contributed by atoms with Crippen LogP contribution in [0.3, 0.4) is 0 Å². The van der Waals surface area contributed by atoms with Crippen molar-refractivity contribution in [2.75, 3.05) is 19.6 Å². The molecule has 0 N–H and O–H groups in total. The van der Waals surface area contributed by atoms with Gasteiger partial charge in [0.25, 0.3) is 5.91 Å². The van der Waals surface area contributed by atoms with Gasteiger partial charge in [-0.2, -0.15) is 0 Å². The highest BCUT2D eigenvalue weighted by Gasteiger charge is 2.38. The first kappa shape index (κ1) is 18.5. The van der Waals surface area contributed by atoms with Gasteiger partial charge >= 0.3 is 0 Å². The lowest BCUT2D eigenvalue weighted by atomic mass is 9.90. The molecule has 4 aliphatic rings. The van der Waals surface area contributed by atoms with Crippen molar-refractivity contribution in [2.24, 2.45) is 5.92 Å². The quantitative estimate of drug-likeness (QED) is 0.769. The Morgan fingerprint density at radius 2 is 1.71 bits per heavy atom. The van der Waals surface area contributed by atoms with Gasteiger partial charge in [0.05, 0.1) is 0 Å². The highest BCUT2D eigenvalue weighted by Crippen LogP contribution is 2.36. The largest absolute Gasteiger partial charge is 0.490 e. The van der Waals surface area contributed by atoms with Crippen molar-refractivity contribution in [1.29, 1.82) is 0 Å². The molecule has 2 atom stereocenters. The van der Waals surface area contributed by atoms with Crippen LogP contribution in [0, 0.1) is 5.92 Å². The second-order valence-corrected chi connectivity index (χ2v) is 9.46. The topological polar surface area (TPSA) is 32.8 Å². The highest BCUT2D eigenvalue weighted by molar-refractivity contribution is 5.95. The number of hydrogen-bond donors (Lipinski definition) is 0. The zero-order chi connectivity index (χ0) is 18.9. The van der Waals surface area contributed by atoms with E-state index in [1.807, 2.05) is 24.3 Å². The molecule has 4 nitrogen and oxygen atoms in total. The summed E-state index contributed by atoms with van der Waals surface area (Å²) in [5.41, 5.74) is 0.799. The molecule has 28 heavy (non-hydrogen) atoms. The van der Waals surface area contributed by atoms with Crippen LogP contribution in [0.15, 0.2) is 24.3 Å². The van der Waals surface area contributed by atoms with Gasteiger partial charge in [0.15, 0.2) is 0 Å². The van der Waals surface area contributed by atoms with E-state index in [-0.39, 0.29) is 12.0 Å². The molecule has 0 spiro atoms. The summed E-state index contributed by atoms with van der Waals surface area (Å²) in [5.74, 6) is 1.80. The van der Waals surface area contributed by atoms with E-state index in [9.17, 15) is 4.79 Å². The van der Waals surface area contributed by atoms with Gasteiger partial charge in [-0.3, -0.25) is 4.79 Å². The van der Waals surface area contributed by atoms with Gasteiger partial charge in [-0.05, 0) is 69.1 Å². The first-order valence-corrected chi connectivity index (χ1v) is 11.6. The summed E-state index contributed by atoms with van der Waals surface area (Å²) in [7, 11) is 0. The average Bonchev–Trinajstić information content (AvgIpc) is 3.36. The van der Waals surface area contributed by atoms with Crippen molar-refractivity contribution in [3.05, 3.63) is 29.8 Å². The van der Waals surface area contributed by atoms with Crippen LogP contribution in [0.2, 0.25) is 0 Å². The number of hydrogen-bond acceptors (Lipinski definition) is 3. The molecule has 2 heterocycles. The van der Waals surface area contributed by atoms with E-state index in [4.69, 9.17) is 4.74 Å². The highest BCUT2D eigenvalue weighted by atomic mass is 16.5. The molecule has 2 aliphatic heterocycles. The molecule has 2 saturated carbocycles. The van der Waals surface area contributed by atoms with Gasteiger partial charge in [-0.25, -0.2) is 0 Å². The van der Waals surface area contributed by atoms with Crippen LogP contribution in [0.5, 0.6) is 5.75 Å². The predicted octanol–water partition coefficient (Wildman–Crippen LogP) is 4.49. The number of amides is 1. The first-order chi connectivity index (χ1) is 13.8. The van der Waals surface area contributed by atoms with Gasteiger partial charge in [0.1, 0.15) is 11.9 Å². The predicted molar refractivity (Wildman–Crippen MR) is 111 cm³/mol. The van der Waals surface area contributed by atoms with E-state index < -0.39 is 0 Å². The number of piperidine rings is 1. The Morgan fingerprint density at radius 1 is 0.929 bits per heavy atom. The minimum absolute atomic E-state index is 0.205. The molecule has 1 aromatic carbocycles. The van der Waals surface area contributed by atoms with Crippen molar-refractivity contribution in [2.45, 2.75) is 82.4 Å². The fourth-order valence-corrected chi connectivity index (χ4v) is 6.08. The molecule has 2 bridgehead atoms. The third-order valence-electron chi connectivity index (χ3n) is 7.61. The first-order valence-electron chi connectivity index (χ1n) is 11.6. The zero-order valence-corrected chi connectivity index (χ0v) is 17.0. The smallest absolute Gasteiger partial charge is 0.254 e. The average molecular weight is 383 g/mol. The Hall–Kier alpha value is -1.55. The van der Waals surface area contributed by atoms with E-state index in [1.165, 1.54) is 51.4 Å². The number of carbonyl (C=O) groups is 1. The van der Waals surface area contributed by atoms with Crippen LogP contribution < -0.4 is 4.74 Å². The molecule has 0 radical (unpaired) electrons. The van der Waals surface area contributed by atoms with Crippen LogP contribution in [0.25, 0.3) is 0 Å². The summed E-state index contributed by atoms with van der Waals surface area (Å²) in [4.78, 5) is 17.9. The van der Waals surface area contributed by atoms with Gasteiger partial charge in [-0.1, -0.05) is 25.3 Å². The van der Waals surface area contributed by atoms with Gasteiger partial charge in [-0.15, -0.1) is 0 Å². The third kappa shape index (κ3) is 3.80. The lowest BCUT2D eigenvalue weighted by molar-refractivity contribution is 0.0721. The summed E-state index contributed by atoms with van der Waals surface area (Å²) in [6, 6.07) is 9.23. The normalized spacial score (nSPS) is 29.4. The van der Waals surface area contributed by atoms with Crippen LogP contribution in [0.1, 0.15) is 74.6 Å². The molecular weight excluding hydrogens is 348 g/mol. The molecule has 1 aromatic rings. The number of likely N-dealkylation sites (tertiary alicyclic amines) is 2. The number of fused-ring (bicyclic) bond motifs is 2. The molecular formula is C24H34N2O2. The van der Waals surface area contributed by atoms with Gasteiger partial charge in [0.2, 0.25) is 0 Å². The van der Waals surface area contributed by atoms with Gasteiger partial charge in [0, 0.05) is 37.3 Å². The number of rotatable bonds is 4. The number of benzene rings is 1. The summed E-state index contributed by atoms with van der Waals surface area (Å²) in [6.45, 7) is 3.27. The molecule has 152 valence electrons. The van der Waals surface area contributed by atoms with Crippen molar-refractivity contribution < 1.29 is 9.53 Å². The van der Waals surface area contributed by atoms with Gasteiger partial charge < -0.3 is 14.5 Å². The summed E-state index contributed by atoms with van der Waals surface area (Å²) in [5, 5.41) is 0. The second kappa shape index (κ2) is 8.06. The van der Waals surface area contributed by atoms with E-state index in [2.05, 4.69) is 9.80 Å². The maximum absolute atomic E-state index is 13.1. The lowest BCUT2D eigenvalue weighted by Gasteiger charge is -2.36. The Morgan fingerprint density at radius 3 is 2.50 bits per heavy atom. The zero-order valence-electron chi connectivity index (χ0n) is 17.0. The summed E-state index contributed by atoms with van der Waals surface area (Å²) < 4.78 is 6.31. The van der Waals surface area contributed by atoms with Crippen molar-refractivity contribution in [1.82, 2.24) is 9.80 Å². The molecule has 0 unspecified atom stereocenters. The monoisotopic (exact) mass is 382 g/mol.